The summed E-state index contributed by atoms with van der Waals surface area (Å²) in [5, 5.41) is 3.00. The van der Waals surface area contributed by atoms with Crippen molar-refractivity contribution in [2.75, 3.05) is 19.5 Å². The minimum atomic E-state index is -0.165. The Labute approximate surface area is 137 Å². The second kappa shape index (κ2) is 7.68. The Hall–Kier alpha value is -2.49. The van der Waals surface area contributed by atoms with Crippen LogP contribution < -0.4 is 14.8 Å². The highest BCUT2D eigenvalue weighted by Crippen LogP contribution is 2.29. The first-order chi connectivity index (χ1) is 11.1. The number of carbonyl (C=O) groups is 1. The zero-order valence-electron chi connectivity index (χ0n) is 14.1. The third kappa shape index (κ3) is 3.83. The molecule has 4 nitrogen and oxygen atoms in total. The quantitative estimate of drug-likeness (QED) is 0.856. The summed E-state index contributed by atoms with van der Waals surface area (Å²) in [5.41, 5.74) is 2.52. The van der Waals surface area contributed by atoms with Crippen molar-refractivity contribution in [3.05, 3.63) is 53.6 Å². The molecule has 0 aliphatic carbocycles. The fourth-order valence-electron chi connectivity index (χ4n) is 2.43. The van der Waals surface area contributed by atoms with Gasteiger partial charge in [-0.3, -0.25) is 4.79 Å². The van der Waals surface area contributed by atoms with Crippen LogP contribution in [-0.4, -0.2) is 20.1 Å². The maximum Gasteiger partial charge on any atom is 0.255 e. The molecule has 4 heteroatoms. The van der Waals surface area contributed by atoms with Crippen molar-refractivity contribution in [2.24, 2.45) is 0 Å². The van der Waals surface area contributed by atoms with E-state index in [-0.39, 0.29) is 5.91 Å². The second-order valence-electron chi connectivity index (χ2n) is 5.42. The van der Waals surface area contributed by atoms with Crippen molar-refractivity contribution < 1.29 is 14.3 Å². The fraction of sp³-hybridized carbons (Fsp3) is 0.316. The molecule has 0 aliphatic rings. The molecule has 2 aromatic carbocycles. The van der Waals surface area contributed by atoms with Gasteiger partial charge >= 0.3 is 0 Å². The number of para-hydroxylation sites is 1. The zero-order valence-corrected chi connectivity index (χ0v) is 14.1. The van der Waals surface area contributed by atoms with Crippen LogP contribution in [0.2, 0.25) is 0 Å². The van der Waals surface area contributed by atoms with E-state index in [0.29, 0.717) is 23.0 Å². The van der Waals surface area contributed by atoms with Gasteiger partial charge in [-0.1, -0.05) is 32.0 Å². The van der Waals surface area contributed by atoms with E-state index in [4.69, 9.17) is 9.47 Å². The molecular weight excluding hydrogens is 290 g/mol. The van der Waals surface area contributed by atoms with Crippen molar-refractivity contribution in [3.63, 3.8) is 0 Å². The highest BCUT2D eigenvalue weighted by atomic mass is 16.5. The van der Waals surface area contributed by atoms with Gasteiger partial charge in [-0.05, 0) is 42.2 Å². The first-order valence-corrected chi connectivity index (χ1v) is 7.73. The van der Waals surface area contributed by atoms with E-state index in [1.54, 1.807) is 32.4 Å². The fourth-order valence-corrected chi connectivity index (χ4v) is 2.43. The molecule has 0 aromatic heterocycles. The molecule has 1 N–H and O–H groups in total. The number of ether oxygens (including phenoxy) is 2. The van der Waals surface area contributed by atoms with Crippen molar-refractivity contribution in [3.8, 4) is 11.5 Å². The monoisotopic (exact) mass is 313 g/mol. The number of hydrogen-bond acceptors (Lipinski definition) is 3. The minimum absolute atomic E-state index is 0.165. The van der Waals surface area contributed by atoms with Crippen molar-refractivity contribution in [1.82, 2.24) is 0 Å². The predicted molar refractivity (Wildman–Crippen MR) is 92.6 cm³/mol. The number of rotatable bonds is 6. The summed E-state index contributed by atoms with van der Waals surface area (Å²) < 4.78 is 10.4. The Morgan fingerprint density at radius 3 is 2.43 bits per heavy atom. The molecule has 2 aromatic rings. The average Bonchev–Trinajstić information content (AvgIpc) is 2.60. The molecule has 0 spiro atoms. The topological polar surface area (TPSA) is 47.6 Å². The Bertz CT molecular complexity index is 682. The largest absolute Gasteiger partial charge is 0.493 e. The van der Waals surface area contributed by atoms with Gasteiger partial charge in [0.25, 0.3) is 5.91 Å². The van der Waals surface area contributed by atoms with Crippen LogP contribution in [0.5, 0.6) is 11.5 Å². The van der Waals surface area contributed by atoms with Gasteiger partial charge in [-0.2, -0.15) is 0 Å². The molecule has 0 unspecified atom stereocenters. The van der Waals surface area contributed by atoms with E-state index in [0.717, 1.165) is 17.7 Å². The standard InChI is InChI=1S/C19H23NO3/c1-5-13(2)15-8-6-7-9-16(15)20-19(21)14-10-11-17(22-3)18(12-14)23-4/h6-13H,5H2,1-4H3,(H,20,21)/t13-/m1/s1. The Morgan fingerprint density at radius 2 is 1.78 bits per heavy atom. The van der Waals surface area contributed by atoms with E-state index >= 15 is 0 Å². The average molecular weight is 313 g/mol. The predicted octanol–water partition coefficient (Wildman–Crippen LogP) is 4.47. The van der Waals surface area contributed by atoms with Crippen LogP contribution in [0.1, 0.15) is 42.1 Å². The summed E-state index contributed by atoms with van der Waals surface area (Å²) in [6, 6.07) is 13.0. The lowest BCUT2D eigenvalue weighted by Crippen LogP contribution is -2.14. The lowest BCUT2D eigenvalue weighted by Gasteiger charge is -2.16. The smallest absolute Gasteiger partial charge is 0.255 e. The molecule has 1 amide bonds. The van der Waals surface area contributed by atoms with Gasteiger partial charge in [0.1, 0.15) is 0 Å². The van der Waals surface area contributed by atoms with E-state index in [2.05, 4.69) is 25.2 Å². The molecule has 23 heavy (non-hydrogen) atoms. The van der Waals surface area contributed by atoms with Crippen LogP contribution in [0.25, 0.3) is 0 Å². The molecule has 2 rings (SSSR count). The SMILES string of the molecule is CC[C@@H](C)c1ccccc1NC(=O)c1ccc(OC)c(OC)c1. The van der Waals surface area contributed by atoms with Crippen molar-refractivity contribution in [1.29, 1.82) is 0 Å². The minimum Gasteiger partial charge on any atom is -0.493 e. The number of carbonyl (C=O) groups excluding carboxylic acids is 1. The molecule has 0 saturated heterocycles. The Balaban J connectivity index is 2.26. The normalized spacial score (nSPS) is 11.7. The van der Waals surface area contributed by atoms with E-state index < -0.39 is 0 Å². The first kappa shape index (κ1) is 16.9. The molecule has 0 saturated carbocycles. The zero-order chi connectivity index (χ0) is 16.8. The van der Waals surface area contributed by atoms with Gasteiger partial charge in [-0.25, -0.2) is 0 Å². The summed E-state index contributed by atoms with van der Waals surface area (Å²) >= 11 is 0. The van der Waals surface area contributed by atoms with Gasteiger partial charge in [0, 0.05) is 11.3 Å². The molecule has 0 fully saturated rings. The molecular formula is C19H23NO3. The third-order valence-electron chi connectivity index (χ3n) is 4.00. The van der Waals surface area contributed by atoms with Gasteiger partial charge in [-0.15, -0.1) is 0 Å². The van der Waals surface area contributed by atoms with Crippen LogP contribution in [-0.2, 0) is 0 Å². The maximum absolute atomic E-state index is 12.5. The van der Waals surface area contributed by atoms with Crippen molar-refractivity contribution >= 4 is 11.6 Å². The lowest BCUT2D eigenvalue weighted by molar-refractivity contribution is 0.102. The van der Waals surface area contributed by atoms with Gasteiger partial charge < -0.3 is 14.8 Å². The van der Waals surface area contributed by atoms with Crippen LogP contribution in [0.4, 0.5) is 5.69 Å². The summed E-state index contributed by atoms with van der Waals surface area (Å²) in [4.78, 5) is 12.5. The second-order valence-corrected chi connectivity index (χ2v) is 5.42. The maximum atomic E-state index is 12.5. The van der Waals surface area contributed by atoms with Crippen molar-refractivity contribution in [2.45, 2.75) is 26.2 Å². The highest BCUT2D eigenvalue weighted by molar-refractivity contribution is 6.05. The Kier molecular flexibility index (Phi) is 5.63. The van der Waals surface area contributed by atoms with Crippen LogP contribution in [0.15, 0.2) is 42.5 Å². The van der Waals surface area contributed by atoms with Gasteiger partial charge in [0.15, 0.2) is 11.5 Å². The van der Waals surface area contributed by atoms with E-state index in [1.165, 1.54) is 0 Å². The number of methoxy groups -OCH3 is 2. The lowest BCUT2D eigenvalue weighted by atomic mass is 9.97. The number of amides is 1. The molecule has 122 valence electrons. The number of nitrogens with one attached hydrogen (secondary N) is 1. The van der Waals surface area contributed by atoms with Crippen LogP contribution in [0, 0.1) is 0 Å². The molecule has 0 aliphatic heterocycles. The Morgan fingerprint density at radius 1 is 1.09 bits per heavy atom. The number of hydrogen-bond donors (Lipinski definition) is 1. The molecule has 0 heterocycles. The summed E-state index contributed by atoms with van der Waals surface area (Å²) in [7, 11) is 3.12. The van der Waals surface area contributed by atoms with Gasteiger partial charge in [0.05, 0.1) is 14.2 Å². The highest BCUT2D eigenvalue weighted by Gasteiger charge is 2.14. The summed E-state index contributed by atoms with van der Waals surface area (Å²) in [6.07, 6.45) is 1.02. The summed E-state index contributed by atoms with van der Waals surface area (Å²) in [6.45, 7) is 4.29. The van der Waals surface area contributed by atoms with Crippen LogP contribution >= 0.6 is 0 Å². The molecule has 1 atom stereocenters. The molecule has 0 radical (unpaired) electrons. The number of anilines is 1. The van der Waals surface area contributed by atoms with Gasteiger partial charge in [0.2, 0.25) is 0 Å². The van der Waals surface area contributed by atoms with Crippen LogP contribution in [0.3, 0.4) is 0 Å². The summed E-state index contributed by atoms with van der Waals surface area (Å²) in [5.74, 6) is 1.36. The van der Waals surface area contributed by atoms with E-state index in [1.807, 2.05) is 18.2 Å². The third-order valence-corrected chi connectivity index (χ3v) is 4.00. The molecule has 0 bridgehead atoms. The first-order valence-electron chi connectivity index (χ1n) is 7.73. The van der Waals surface area contributed by atoms with E-state index in [9.17, 15) is 4.79 Å². The number of benzene rings is 2.